The predicted octanol–water partition coefficient (Wildman–Crippen LogP) is 3.81. The number of amides is 1. The summed E-state index contributed by atoms with van der Waals surface area (Å²) in [4.78, 5) is 11.8. The number of anilines is 1. The average molecular weight is 298 g/mol. The highest BCUT2D eigenvalue weighted by Gasteiger charge is 2.03. The van der Waals surface area contributed by atoms with Crippen LogP contribution in [0.25, 0.3) is 0 Å². The Morgan fingerprint density at radius 2 is 1.64 bits per heavy atom. The maximum absolute atomic E-state index is 11.8. The van der Waals surface area contributed by atoms with Crippen molar-refractivity contribution in [1.82, 2.24) is 5.32 Å². The SMILES string of the molecule is CC(C)NCCC(=O)Nc1ccc(Oc2ccccc2)cc1. The van der Waals surface area contributed by atoms with Gasteiger partial charge >= 0.3 is 0 Å². The van der Waals surface area contributed by atoms with Crippen molar-refractivity contribution in [3.8, 4) is 11.5 Å². The van der Waals surface area contributed by atoms with Crippen LogP contribution < -0.4 is 15.4 Å². The van der Waals surface area contributed by atoms with Gasteiger partial charge in [0.1, 0.15) is 11.5 Å². The summed E-state index contributed by atoms with van der Waals surface area (Å²) in [6, 6.07) is 17.4. The zero-order valence-electron chi connectivity index (χ0n) is 13.0. The zero-order valence-corrected chi connectivity index (χ0v) is 13.0. The summed E-state index contributed by atoms with van der Waals surface area (Å²) in [6.07, 6.45) is 0.459. The third kappa shape index (κ3) is 5.58. The first-order chi connectivity index (χ1) is 10.6. The molecule has 0 aromatic heterocycles. The number of benzene rings is 2. The summed E-state index contributed by atoms with van der Waals surface area (Å²) >= 11 is 0. The monoisotopic (exact) mass is 298 g/mol. The molecule has 0 saturated carbocycles. The number of para-hydroxylation sites is 1. The highest BCUT2D eigenvalue weighted by atomic mass is 16.5. The van der Waals surface area contributed by atoms with Gasteiger partial charge in [0.15, 0.2) is 0 Å². The number of hydrogen-bond donors (Lipinski definition) is 2. The first-order valence-electron chi connectivity index (χ1n) is 7.49. The Kier molecular flexibility index (Phi) is 5.98. The summed E-state index contributed by atoms with van der Waals surface area (Å²) in [7, 11) is 0. The van der Waals surface area contributed by atoms with E-state index in [1.54, 1.807) is 0 Å². The minimum Gasteiger partial charge on any atom is -0.457 e. The van der Waals surface area contributed by atoms with Gasteiger partial charge in [0.25, 0.3) is 0 Å². The Balaban J connectivity index is 1.82. The molecule has 0 aliphatic carbocycles. The molecule has 116 valence electrons. The van der Waals surface area contributed by atoms with Crippen molar-refractivity contribution in [2.45, 2.75) is 26.3 Å². The Morgan fingerprint density at radius 3 is 2.27 bits per heavy atom. The van der Waals surface area contributed by atoms with Gasteiger partial charge in [-0.15, -0.1) is 0 Å². The van der Waals surface area contributed by atoms with Gasteiger partial charge in [-0.05, 0) is 36.4 Å². The van der Waals surface area contributed by atoms with Crippen LogP contribution in [0.1, 0.15) is 20.3 Å². The maximum atomic E-state index is 11.8. The van der Waals surface area contributed by atoms with Gasteiger partial charge in [-0.3, -0.25) is 4.79 Å². The van der Waals surface area contributed by atoms with Gasteiger partial charge in [-0.25, -0.2) is 0 Å². The van der Waals surface area contributed by atoms with Crippen LogP contribution in [-0.4, -0.2) is 18.5 Å². The summed E-state index contributed by atoms with van der Waals surface area (Å²) < 4.78 is 5.71. The van der Waals surface area contributed by atoms with E-state index in [2.05, 4.69) is 24.5 Å². The fourth-order valence-electron chi connectivity index (χ4n) is 1.93. The van der Waals surface area contributed by atoms with Crippen molar-refractivity contribution in [2.75, 3.05) is 11.9 Å². The van der Waals surface area contributed by atoms with E-state index in [1.807, 2.05) is 54.6 Å². The van der Waals surface area contributed by atoms with Gasteiger partial charge in [0, 0.05) is 24.7 Å². The van der Waals surface area contributed by atoms with E-state index in [1.165, 1.54) is 0 Å². The van der Waals surface area contributed by atoms with Crippen LogP contribution in [0.2, 0.25) is 0 Å². The third-order valence-corrected chi connectivity index (χ3v) is 3.02. The zero-order chi connectivity index (χ0) is 15.8. The molecular formula is C18H22N2O2. The molecule has 0 unspecified atom stereocenters. The van der Waals surface area contributed by atoms with E-state index < -0.39 is 0 Å². The van der Waals surface area contributed by atoms with Crippen LogP contribution in [0.5, 0.6) is 11.5 Å². The van der Waals surface area contributed by atoms with Gasteiger partial charge in [-0.1, -0.05) is 32.0 Å². The van der Waals surface area contributed by atoms with Crippen LogP contribution in [0.15, 0.2) is 54.6 Å². The Bertz CT molecular complexity index is 580. The fraction of sp³-hybridized carbons (Fsp3) is 0.278. The number of nitrogens with one attached hydrogen (secondary N) is 2. The molecule has 0 radical (unpaired) electrons. The lowest BCUT2D eigenvalue weighted by Gasteiger charge is -2.09. The van der Waals surface area contributed by atoms with Crippen LogP contribution in [0.3, 0.4) is 0 Å². The molecular weight excluding hydrogens is 276 g/mol. The molecule has 4 heteroatoms. The molecule has 1 amide bonds. The molecule has 0 saturated heterocycles. The first-order valence-corrected chi connectivity index (χ1v) is 7.49. The predicted molar refractivity (Wildman–Crippen MR) is 89.3 cm³/mol. The molecule has 2 N–H and O–H groups in total. The molecule has 22 heavy (non-hydrogen) atoms. The highest BCUT2D eigenvalue weighted by Crippen LogP contribution is 2.22. The number of ether oxygens (including phenoxy) is 1. The molecule has 0 bridgehead atoms. The van der Waals surface area contributed by atoms with Gasteiger partial charge < -0.3 is 15.4 Å². The second kappa shape index (κ2) is 8.20. The molecule has 2 aromatic rings. The third-order valence-electron chi connectivity index (χ3n) is 3.02. The van der Waals surface area contributed by atoms with E-state index in [4.69, 9.17) is 4.74 Å². The number of carbonyl (C=O) groups excluding carboxylic acids is 1. The summed E-state index contributed by atoms with van der Waals surface area (Å²) in [6.45, 7) is 4.80. The van der Waals surface area contributed by atoms with E-state index in [0.717, 1.165) is 17.2 Å². The molecule has 4 nitrogen and oxygen atoms in total. The summed E-state index contributed by atoms with van der Waals surface area (Å²) in [5.74, 6) is 1.54. The molecule has 0 atom stereocenters. The Morgan fingerprint density at radius 1 is 1.00 bits per heavy atom. The number of hydrogen-bond acceptors (Lipinski definition) is 3. The average Bonchev–Trinajstić information content (AvgIpc) is 2.50. The van der Waals surface area contributed by atoms with Crippen LogP contribution >= 0.6 is 0 Å². The fourth-order valence-corrected chi connectivity index (χ4v) is 1.93. The maximum Gasteiger partial charge on any atom is 0.225 e. The topological polar surface area (TPSA) is 50.4 Å². The van der Waals surface area contributed by atoms with Gasteiger partial charge in [0.05, 0.1) is 0 Å². The molecule has 2 rings (SSSR count). The van der Waals surface area contributed by atoms with Gasteiger partial charge in [-0.2, -0.15) is 0 Å². The quantitative estimate of drug-likeness (QED) is 0.817. The molecule has 0 aliphatic rings. The minimum atomic E-state index is 0.00452. The highest BCUT2D eigenvalue weighted by molar-refractivity contribution is 5.90. The van der Waals surface area contributed by atoms with Crippen molar-refractivity contribution in [3.63, 3.8) is 0 Å². The Hall–Kier alpha value is -2.33. The molecule has 2 aromatic carbocycles. The summed E-state index contributed by atoms with van der Waals surface area (Å²) in [5.41, 5.74) is 0.773. The van der Waals surface area contributed by atoms with E-state index >= 15 is 0 Å². The van der Waals surface area contributed by atoms with Crippen LogP contribution in [0.4, 0.5) is 5.69 Å². The number of rotatable bonds is 7. The smallest absolute Gasteiger partial charge is 0.225 e. The van der Waals surface area contributed by atoms with Gasteiger partial charge in [0.2, 0.25) is 5.91 Å². The lowest BCUT2D eigenvalue weighted by molar-refractivity contribution is -0.116. The summed E-state index contributed by atoms with van der Waals surface area (Å²) in [5, 5.41) is 6.09. The second-order valence-corrected chi connectivity index (χ2v) is 5.35. The molecule has 0 spiro atoms. The lowest BCUT2D eigenvalue weighted by atomic mass is 10.2. The van der Waals surface area contributed by atoms with Crippen LogP contribution in [-0.2, 0) is 4.79 Å². The molecule has 0 fully saturated rings. The van der Waals surface area contributed by atoms with Crippen molar-refractivity contribution in [2.24, 2.45) is 0 Å². The number of carbonyl (C=O) groups is 1. The molecule has 0 heterocycles. The normalized spacial score (nSPS) is 10.5. The molecule has 0 aliphatic heterocycles. The van der Waals surface area contributed by atoms with Crippen molar-refractivity contribution in [1.29, 1.82) is 0 Å². The van der Waals surface area contributed by atoms with E-state index in [0.29, 0.717) is 19.0 Å². The lowest BCUT2D eigenvalue weighted by Crippen LogP contribution is -2.27. The van der Waals surface area contributed by atoms with E-state index in [9.17, 15) is 4.79 Å². The van der Waals surface area contributed by atoms with Crippen molar-refractivity contribution >= 4 is 11.6 Å². The first kappa shape index (κ1) is 16.0. The minimum absolute atomic E-state index is 0.00452. The van der Waals surface area contributed by atoms with Crippen molar-refractivity contribution < 1.29 is 9.53 Å². The van der Waals surface area contributed by atoms with Crippen LogP contribution in [0, 0.1) is 0 Å². The largest absolute Gasteiger partial charge is 0.457 e. The second-order valence-electron chi connectivity index (χ2n) is 5.35. The Labute approximate surface area is 131 Å². The standard InChI is InChI=1S/C18H22N2O2/c1-14(2)19-13-12-18(21)20-15-8-10-17(11-9-15)22-16-6-4-3-5-7-16/h3-11,14,19H,12-13H2,1-2H3,(H,20,21). The van der Waals surface area contributed by atoms with E-state index in [-0.39, 0.29) is 5.91 Å². The van der Waals surface area contributed by atoms with Crippen molar-refractivity contribution in [3.05, 3.63) is 54.6 Å².